The smallest absolute Gasteiger partial charge is 0.0712 e. The molecule has 1 rings (SSSR count). The Bertz CT molecular complexity index is 367. The summed E-state index contributed by atoms with van der Waals surface area (Å²) in [6, 6.07) is 0.379. The van der Waals surface area contributed by atoms with Crippen LogP contribution in [-0.4, -0.2) is 23.0 Å². The summed E-state index contributed by atoms with van der Waals surface area (Å²) in [5, 5.41) is 4.37. The summed E-state index contributed by atoms with van der Waals surface area (Å²) >= 11 is 3.54. The van der Waals surface area contributed by atoms with E-state index in [-0.39, 0.29) is 12.1 Å². The van der Waals surface area contributed by atoms with E-state index in [1.807, 2.05) is 10.9 Å². The normalized spacial score (nSPS) is 15.1. The summed E-state index contributed by atoms with van der Waals surface area (Å²) in [6.45, 7) is 6.27. The number of halogens is 1. The minimum atomic E-state index is 0.0712. The molecule has 0 amide bonds. The third kappa shape index (κ3) is 3.78. The van der Waals surface area contributed by atoms with Crippen LogP contribution in [0.5, 0.6) is 0 Å². The maximum absolute atomic E-state index is 5.68. The summed E-state index contributed by atoms with van der Waals surface area (Å²) in [6.07, 6.45) is 3.90. The van der Waals surface area contributed by atoms with Crippen LogP contribution in [0.3, 0.4) is 0 Å². The van der Waals surface area contributed by atoms with Gasteiger partial charge in [0.1, 0.15) is 0 Å². The predicted octanol–water partition coefficient (Wildman–Crippen LogP) is 2.55. The molecule has 0 bridgehead atoms. The molecular formula is C12H23BrN4O. The lowest BCUT2D eigenvalue weighted by Gasteiger charge is -2.21. The minimum absolute atomic E-state index is 0.0712. The Kier molecular flexibility index (Phi) is 6.28. The molecule has 1 aromatic heterocycles. The van der Waals surface area contributed by atoms with Crippen molar-refractivity contribution >= 4 is 15.9 Å². The van der Waals surface area contributed by atoms with Crippen LogP contribution < -0.4 is 11.3 Å². The second kappa shape index (κ2) is 7.23. The van der Waals surface area contributed by atoms with E-state index in [2.05, 4.69) is 47.2 Å². The van der Waals surface area contributed by atoms with E-state index in [4.69, 9.17) is 10.6 Å². The molecule has 1 aromatic rings. The molecule has 3 N–H and O–H groups in total. The lowest BCUT2D eigenvalue weighted by atomic mass is 10.1. The van der Waals surface area contributed by atoms with Gasteiger partial charge >= 0.3 is 0 Å². The molecule has 5 nitrogen and oxygen atoms in total. The molecule has 0 radical (unpaired) electrons. The van der Waals surface area contributed by atoms with E-state index in [1.54, 1.807) is 7.11 Å². The summed E-state index contributed by atoms with van der Waals surface area (Å²) in [7, 11) is 1.73. The zero-order valence-electron chi connectivity index (χ0n) is 11.5. The monoisotopic (exact) mass is 318 g/mol. The van der Waals surface area contributed by atoms with Crippen molar-refractivity contribution in [3.8, 4) is 0 Å². The van der Waals surface area contributed by atoms with Gasteiger partial charge in [-0.1, -0.05) is 0 Å². The average Bonchev–Trinajstić information content (AvgIpc) is 2.72. The highest BCUT2D eigenvalue weighted by atomic mass is 79.9. The van der Waals surface area contributed by atoms with Crippen molar-refractivity contribution in [3.63, 3.8) is 0 Å². The van der Waals surface area contributed by atoms with Gasteiger partial charge in [0.05, 0.1) is 28.5 Å². The number of methoxy groups -OCH3 is 1. The molecule has 104 valence electrons. The van der Waals surface area contributed by atoms with Crippen LogP contribution >= 0.6 is 15.9 Å². The lowest BCUT2D eigenvalue weighted by Crippen LogP contribution is -2.31. The molecule has 0 fully saturated rings. The van der Waals surface area contributed by atoms with E-state index in [0.717, 1.165) is 23.0 Å². The molecule has 18 heavy (non-hydrogen) atoms. The topological polar surface area (TPSA) is 65.1 Å². The third-order valence-corrected chi connectivity index (χ3v) is 3.68. The Balaban J connectivity index is 2.84. The van der Waals surface area contributed by atoms with Gasteiger partial charge in [0.15, 0.2) is 0 Å². The van der Waals surface area contributed by atoms with Crippen LogP contribution in [0.2, 0.25) is 0 Å². The molecule has 1 heterocycles. The average molecular weight is 319 g/mol. The molecule has 0 saturated carbocycles. The number of nitrogens with two attached hydrogens (primary N) is 1. The molecule has 0 spiro atoms. The summed E-state index contributed by atoms with van der Waals surface area (Å²) in [5.74, 6) is 5.68. The number of nitrogens with one attached hydrogen (secondary N) is 1. The Hall–Kier alpha value is -0.430. The van der Waals surface area contributed by atoms with Crippen LogP contribution in [-0.2, 0) is 4.74 Å². The van der Waals surface area contributed by atoms with Crippen molar-refractivity contribution in [2.75, 3.05) is 7.11 Å². The van der Waals surface area contributed by atoms with Gasteiger partial charge in [-0.05, 0) is 49.5 Å². The highest BCUT2D eigenvalue weighted by Crippen LogP contribution is 2.28. The SMILES string of the molecule is COC(C)CCC(NN)c1c(Br)cnn1C(C)C. The van der Waals surface area contributed by atoms with E-state index in [0.29, 0.717) is 6.04 Å². The summed E-state index contributed by atoms with van der Waals surface area (Å²) < 4.78 is 8.25. The minimum Gasteiger partial charge on any atom is -0.382 e. The highest BCUT2D eigenvalue weighted by Gasteiger charge is 2.21. The van der Waals surface area contributed by atoms with Gasteiger partial charge in [0, 0.05) is 13.2 Å². The molecule has 0 aliphatic carbocycles. The second-order valence-corrected chi connectivity index (χ2v) is 5.61. The fraction of sp³-hybridized carbons (Fsp3) is 0.750. The fourth-order valence-electron chi connectivity index (χ4n) is 1.91. The van der Waals surface area contributed by atoms with Gasteiger partial charge in [0.2, 0.25) is 0 Å². The Morgan fingerprint density at radius 1 is 1.44 bits per heavy atom. The fourth-order valence-corrected chi connectivity index (χ4v) is 2.46. The Labute approximate surface area is 117 Å². The predicted molar refractivity (Wildman–Crippen MR) is 76.1 cm³/mol. The number of aromatic nitrogens is 2. The maximum atomic E-state index is 5.68. The largest absolute Gasteiger partial charge is 0.382 e. The van der Waals surface area contributed by atoms with Gasteiger partial charge in [0.25, 0.3) is 0 Å². The van der Waals surface area contributed by atoms with Crippen molar-refractivity contribution in [1.29, 1.82) is 0 Å². The summed E-state index contributed by atoms with van der Waals surface area (Å²) in [5.41, 5.74) is 3.97. The van der Waals surface area contributed by atoms with Crippen molar-refractivity contribution < 1.29 is 4.74 Å². The first-order chi connectivity index (χ1) is 8.51. The third-order valence-electron chi connectivity index (χ3n) is 3.07. The van der Waals surface area contributed by atoms with Crippen molar-refractivity contribution in [3.05, 3.63) is 16.4 Å². The van der Waals surface area contributed by atoms with E-state index in [9.17, 15) is 0 Å². The van der Waals surface area contributed by atoms with Crippen LogP contribution in [0, 0.1) is 0 Å². The number of hydrogen-bond donors (Lipinski definition) is 2. The lowest BCUT2D eigenvalue weighted by molar-refractivity contribution is 0.105. The van der Waals surface area contributed by atoms with Crippen LogP contribution in [0.25, 0.3) is 0 Å². The van der Waals surface area contributed by atoms with Gasteiger partial charge in [-0.3, -0.25) is 16.0 Å². The molecular weight excluding hydrogens is 296 g/mol. The van der Waals surface area contributed by atoms with E-state index in [1.165, 1.54) is 0 Å². The second-order valence-electron chi connectivity index (χ2n) is 4.76. The van der Waals surface area contributed by atoms with Gasteiger partial charge in [-0.15, -0.1) is 0 Å². The molecule has 6 heteroatoms. The van der Waals surface area contributed by atoms with Crippen molar-refractivity contribution in [2.24, 2.45) is 5.84 Å². The number of hydrazine groups is 1. The van der Waals surface area contributed by atoms with Gasteiger partial charge in [-0.25, -0.2) is 0 Å². The van der Waals surface area contributed by atoms with E-state index >= 15 is 0 Å². The number of ether oxygens (including phenoxy) is 1. The van der Waals surface area contributed by atoms with Gasteiger partial charge < -0.3 is 4.74 Å². The Morgan fingerprint density at radius 3 is 2.61 bits per heavy atom. The molecule has 2 unspecified atom stereocenters. The van der Waals surface area contributed by atoms with Crippen molar-refractivity contribution in [2.45, 2.75) is 51.8 Å². The van der Waals surface area contributed by atoms with Crippen LogP contribution in [0.4, 0.5) is 0 Å². The van der Waals surface area contributed by atoms with Gasteiger partial charge in [-0.2, -0.15) is 5.10 Å². The van der Waals surface area contributed by atoms with E-state index < -0.39 is 0 Å². The first-order valence-electron chi connectivity index (χ1n) is 6.23. The standard InChI is InChI=1S/C12H23BrN4O/c1-8(2)17-12(10(13)7-15-17)11(16-14)6-5-9(3)18-4/h7-9,11,16H,5-6,14H2,1-4H3. The zero-order valence-corrected chi connectivity index (χ0v) is 13.1. The van der Waals surface area contributed by atoms with Crippen molar-refractivity contribution in [1.82, 2.24) is 15.2 Å². The molecule has 0 aromatic carbocycles. The number of hydrogen-bond acceptors (Lipinski definition) is 4. The Morgan fingerprint density at radius 2 is 2.11 bits per heavy atom. The quantitative estimate of drug-likeness (QED) is 0.599. The molecule has 0 aliphatic heterocycles. The first-order valence-corrected chi connectivity index (χ1v) is 7.02. The maximum Gasteiger partial charge on any atom is 0.0712 e. The first kappa shape index (κ1) is 15.6. The molecule has 2 atom stereocenters. The van der Waals surface area contributed by atoms with Crippen LogP contribution in [0.1, 0.15) is 51.4 Å². The number of rotatable bonds is 7. The summed E-state index contributed by atoms with van der Waals surface area (Å²) in [4.78, 5) is 0. The zero-order chi connectivity index (χ0) is 13.7. The number of nitrogens with zero attached hydrogens (tertiary/aromatic N) is 2. The van der Waals surface area contributed by atoms with Crippen LogP contribution in [0.15, 0.2) is 10.7 Å². The molecule has 0 saturated heterocycles. The molecule has 0 aliphatic rings. The highest BCUT2D eigenvalue weighted by molar-refractivity contribution is 9.10.